The number of halogens is 3. The van der Waals surface area contributed by atoms with Gasteiger partial charge in [-0.2, -0.15) is 0 Å². The Bertz CT molecular complexity index is 883. The summed E-state index contributed by atoms with van der Waals surface area (Å²) < 4.78 is 40.1. The largest absolute Gasteiger partial charge is 0.573 e. The van der Waals surface area contributed by atoms with E-state index in [0.29, 0.717) is 22.2 Å². The first-order valence-corrected chi connectivity index (χ1v) is 8.14. The fraction of sp³-hybridized carbons (Fsp3) is 0.125. The molecule has 0 bridgehead atoms. The Labute approximate surface area is 149 Å². The number of ether oxygens (including phenoxy) is 1. The SMILES string of the molecule is O=C(Cc1csc(-c2ncccn2)n1)Nc1ccc(OC(F)(F)F)cc1. The predicted octanol–water partition coefficient (Wildman–Crippen LogP) is 3.68. The van der Waals surface area contributed by atoms with Gasteiger partial charge in [0.2, 0.25) is 5.91 Å². The van der Waals surface area contributed by atoms with Gasteiger partial charge in [-0.05, 0) is 30.3 Å². The number of carbonyl (C=O) groups excluding carboxylic acids is 1. The standard InChI is InChI=1S/C16H11F3N4O2S/c17-16(18,19)25-12-4-2-10(3-5-12)22-13(24)8-11-9-26-15(23-11)14-20-6-1-7-21-14/h1-7,9H,8H2,(H,22,24). The minimum Gasteiger partial charge on any atom is -0.406 e. The summed E-state index contributed by atoms with van der Waals surface area (Å²) in [4.78, 5) is 24.5. The van der Waals surface area contributed by atoms with Crippen molar-refractivity contribution in [1.29, 1.82) is 0 Å². The molecule has 0 unspecified atom stereocenters. The monoisotopic (exact) mass is 380 g/mol. The van der Waals surface area contributed by atoms with E-state index in [1.165, 1.54) is 23.5 Å². The summed E-state index contributed by atoms with van der Waals surface area (Å²) in [7, 11) is 0. The molecule has 3 rings (SSSR count). The zero-order chi connectivity index (χ0) is 18.6. The van der Waals surface area contributed by atoms with Crippen molar-refractivity contribution >= 4 is 22.9 Å². The van der Waals surface area contributed by atoms with Gasteiger partial charge in [-0.1, -0.05) is 0 Å². The van der Waals surface area contributed by atoms with Gasteiger partial charge >= 0.3 is 6.36 Å². The van der Waals surface area contributed by atoms with Crippen molar-refractivity contribution in [3.63, 3.8) is 0 Å². The van der Waals surface area contributed by atoms with Crippen LogP contribution in [0.4, 0.5) is 18.9 Å². The number of amides is 1. The van der Waals surface area contributed by atoms with E-state index >= 15 is 0 Å². The highest BCUT2D eigenvalue weighted by atomic mass is 32.1. The summed E-state index contributed by atoms with van der Waals surface area (Å²) >= 11 is 1.32. The summed E-state index contributed by atoms with van der Waals surface area (Å²) in [6.07, 6.45) is -1.54. The third-order valence-corrected chi connectivity index (χ3v) is 3.91. The molecule has 0 spiro atoms. The van der Waals surface area contributed by atoms with E-state index in [2.05, 4.69) is 25.0 Å². The van der Waals surface area contributed by atoms with Crippen molar-refractivity contribution in [3.05, 3.63) is 53.8 Å². The second-order valence-corrected chi connectivity index (χ2v) is 5.87. The van der Waals surface area contributed by atoms with Crippen LogP contribution in [-0.4, -0.2) is 27.2 Å². The number of carbonyl (C=O) groups is 1. The average Bonchev–Trinajstić information content (AvgIpc) is 3.04. The predicted molar refractivity (Wildman–Crippen MR) is 88.6 cm³/mol. The minimum absolute atomic E-state index is 0.0180. The Morgan fingerprint density at radius 3 is 2.50 bits per heavy atom. The van der Waals surface area contributed by atoms with Gasteiger partial charge in [-0.3, -0.25) is 4.79 Å². The topological polar surface area (TPSA) is 77.0 Å². The molecule has 3 aromatic rings. The van der Waals surface area contributed by atoms with Crippen LogP contribution in [-0.2, 0) is 11.2 Å². The zero-order valence-corrected chi connectivity index (χ0v) is 13.8. The molecular formula is C16H11F3N4O2S. The van der Waals surface area contributed by atoms with Crippen LogP contribution in [0.1, 0.15) is 5.69 Å². The van der Waals surface area contributed by atoms with E-state index in [9.17, 15) is 18.0 Å². The van der Waals surface area contributed by atoms with Crippen molar-refractivity contribution in [1.82, 2.24) is 15.0 Å². The van der Waals surface area contributed by atoms with Gasteiger partial charge in [0.05, 0.1) is 12.1 Å². The Kier molecular flexibility index (Phi) is 5.12. The molecule has 0 aliphatic rings. The summed E-state index contributed by atoms with van der Waals surface area (Å²) in [5, 5.41) is 4.91. The van der Waals surface area contributed by atoms with Gasteiger partial charge in [-0.25, -0.2) is 15.0 Å². The molecule has 0 aliphatic carbocycles. The van der Waals surface area contributed by atoms with E-state index in [1.54, 1.807) is 23.8 Å². The van der Waals surface area contributed by atoms with E-state index in [-0.39, 0.29) is 18.1 Å². The molecule has 0 atom stereocenters. The Morgan fingerprint density at radius 1 is 1.15 bits per heavy atom. The second-order valence-electron chi connectivity index (χ2n) is 5.01. The molecule has 6 nitrogen and oxygen atoms in total. The number of benzene rings is 1. The molecule has 134 valence electrons. The zero-order valence-electron chi connectivity index (χ0n) is 13.0. The number of nitrogens with one attached hydrogen (secondary N) is 1. The minimum atomic E-state index is -4.75. The summed E-state index contributed by atoms with van der Waals surface area (Å²) in [5.74, 6) is -0.229. The third kappa shape index (κ3) is 4.99. The smallest absolute Gasteiger partial charge is 0.406 e. The maximum absolute atomic E-state index is 12.1. The number of hydrogen-bond donors (Lipinski definition) is 1. The number of rotatable bonds is 5. The molecule has 0 radical (unpaired) electrons. The van der Waals surface area contributed by atoms with Crippen molar-refractivity contribution in [2.45, 2.75) is 12.8 Å². The molecule has 26 heavy (non-hydrogen) atoms. The van der Waals surface area contributed by atoms with Crippen LogP contribution in [0.25, 0.3) is 10.8 Å². The molecule has 2 heterocycles. The Balaban J connectivity index is 1.58. The molecular weight excluding hydrogens is 369 g/mol. The summed E-state index contributed by atoms with van der Waals surface area (Å²) in [6.45, 7) is 0. The maximum Gasteiger partial charge on any atom is 0.573 e. The van der Waals surface area contributed by atoms with Crippen LogP contribution < -0.4 is 10.1 Å². The van der Waals surface area contributed by atoms with Gasteiger partial charge in [0.1, 0.15) is 5.75 Å². The quantitative estimate of drug-likeness (QED) is 0.731. The molecule has 0 fully saturated rings. The lowest BCUT2D eigenvalue weighted by Gasteiger charge is -2.09. The van der Waals surface area contributed by atoms with E-state index in [4.69, 9.17) is 0 Å². The molecule has 10 heteroatoms. The van der Waals surface area contributed by atoms with Crippen LogP contribution in [0.5, 0.6) is 5.75 Å². The molecule has 1 aromatic carbocycles. The van der Waals surface area contributed by atoms with E-state index < -0.39 is 6.36 Å². The molecule has 2 aromatic heterocycles. The van der Waals surface area contributed by atoms with Crippen molar-refractivity contribution < 1.29 is 22.7 Å². The van der Waals surface area contributed by atoms with Crippen LogP contribution in [0.15, 0.2) is 48.1 Å². The number of aromatic nitrogens is 3. The lowest BCUT2D eigenvalue weighted by Crippen LogP contribution is -2.17. The van der Waals surface area contributed by atoms with Crippen molar-refractivity contribution in [2.75, 3.05) is 5.32 Å². The molecule has 0 saturated heterocycles. The van der Waals surface area contributed by atoms with Crippen LogP contribution in [0.2, 0.25) is 0 Å². The van der Waals surface area contributed by atoms with Gasteiger partial charge in [0, 0.05) is 23.5 Å². The van der Waals surface area contributed by atoms with E-state index in [0.717, 1.165) is 12.1 Å². The van der Waals surface area contributed by atoms with Crippen LogP contribution >= 0.6 is 11.3 Å². The van der Waals surface area contributed by atoms with Crippen LogP contribution in [0, 0.1) is 0 Å². The first-order valence-electron chi connectivity index (χ1n) is 7.26. The number of alkyl halides is 3. The average molecular weight is 380 g/mol. The Morgan fingerprint density at radius 2 is 1.85 bits per heavy atom. The first-order chi connectivity index (χ1) is 12.4. The normalized spacial score (nSPS) is 11.2. The van der Waals surface area contributed by atoms with Gasteiger partial charge in [0.25, 0.3) is 0 Å². The third-order valence-electron chi connectivity index (χ3n) is 3.02. The molecule has 1 amide bonds. The fourth-order valence-corrected chi connectivity index (χ4v) is 2.77. The number of hydrogen-bond acceptors (Lipinski definition) is 6. The number of thiazole rings is 1. The van der Waals surface area contributed by atoms with Gasteiger partial charge < -0.3 is 10.1 Å². The molecule has 0 saturated carbocycles. The van der Waals surface area contributed by atoms with Gasteiger partial charge in [-0.15, -0.1) is 24.5 Å². The lowest BCUT2D eigenvalue weighted by atomic mass is 10.2. The fourth-order valence-electron chi connectivity index (χ4n) is 2.01. The molecule has 1 N–H and O–H groups in total. The first kappa shape index (κ1) is 17.8. The highest BCUT2D eigenvalue weighted by molar-refractivity contribution is 7.13. The van der Waals surface area contributed by atoms with Gasteiger partial charge in [0.15, 0.2) is 10.8 Å². The highest BCUT2D eigenvalue weighted by Crippen LogP contribution is 2.24. The van der Waals surface area contributed by atoms with Crippen molar-refractivity contribution in [3.8, 4) is 16.6 Å². The van der Waals surface area contributed by atoms with Crippen molar-refractivity contribution in [2.24, 2.45) is 0 Å². The second kappa shape index (κ2) is 7.48. The molecule has 0 aliphatic heterocycles. The summed E-state index contributed by atoms with van der Waals surface area (Å²) in [5.41, 5.74) is 0.901. The number of nitrogens with zero attached hydrogens (tertiary/aromatic N) is 3. The van der Waals surface area contributed by atoms with E-state index in [1.807, 2.05) is 0 Å². The van der Waals surface area contributed by atoms with Crippen LogP contribution in [0.3, 0.4) is 0 Å². The summed E-state index contributed by atoms with van der Waals surface area (Å²) in [6, 6.07) is 6.58. The lowest BCUT2D eigenvalue weighted by molar-refractivity contribution is -0.274. The number of anilines is 1. The maximum atomic E-state index is 12.1. The Hall–Kier alpha value is -3.01. The highest BCUT2D eigenvalue weighted by Gasteiger charge is 2.30.